The molecule has 0 unspecified atom stereocenters. The molecule has 0 saturated carbocycles. The fourth-order valence-corrected chi connectivity index (χ4v) is 4.57. The number of benzene rings is 2. The molecule has 2 heterocycles. The van der Waals surface area contributed by atoms with Crippen LogP contribution in [-0.4, -0.2) is 4.98 Å². The van der Waals surface area contributed by atoms with Crippen molar-refractivity contribution >= 4 is 55.1 Å². The van der Waals surface area contributed by atoms with Crippen LogP contribution in [0.2, 0.25) is 0 Å². The molecule has 0 radical (unpaired) electrons. The first-order valence-corrected chi connectivity index (χ1v) is 8.99. The second-order valence-electron chi connectivity index (χ2n) is 5.67. The summed E-state index contributed by atoms with van der Waals surface area (Å²) in [7, 11) is 0. The van der Waals surface area contributed by atoms with Gasteiger partial charge in [0.15, 0.2) is 10.8 Å². The van der Waals surface area contributed by atoms with Crippen molar-refractivity contribution in [3.8, 4) is 10.8 Å². The number of halogens is 1. The Balaban J connectivity index is 1.97. The van der Waals surface area contributed by atoms with Gasteiger partial charge < -0.3 is 4.42 Å². The van der Waals surface area contributed by atoms with E-state index in [1.54, 1.807) is 11.3 Å². The molecular weight excluding hydrogens is 405 g/mol. The minimum absolute atomic E-state index is 0.861. The number of hydrogen-bond acceptors (Lipinski definition) is 3. The lowest BCUT2D eigenvalue weighted by Gasteiger charge is -1.96. The molecule has 22 heavy (non-hydrogen) atoms. The summed E-state index contributed by atoms with van der Waals surface area (Å²) in [5.41, 5.74) is 5.71. The predicted octanol–water partition coefficient (Wildman–Crippen LogP) is 6.24. The molecule has 0 N–H and O–H groups in total. The maximum atomic E-state index is 6.07. The van der Waals surface area contributed by atoms with Crippen molar-refractivity contribution in [2.75, 3.05) is 0 Å². The molecular formula is C18H14INOS. The largest absolute Gasteiger partial charge is 0.454 e. The molecule has 2 aromatic heterocycles. The lowest BCUT2D eigenvalue weighted by atomic mass is 10.1. The number of fused-ring (bicyclic) bond motifs is 2. The summed E-state index contributed by atoms with van der Waals surface area (Å²) in [4.78, 5) is 4.81. The minimum Gasteiger partial charge on any atom is -0.454 e. The molecule has 110 valence electrons. The third-order valence-electron chi connectivity index (χ3n) is 3.90. The van der Waals surface area contributed by atoms with Crippen molar-refractivity contribution in [3.63, 3.8) is 0 Å². The molecule has 4 heteroatoms. The van der Waals surface area contributed by atoms with Crippen LogP contribution in [0.25, 0.3) is 32.0 Å². The zero-order valence-electron chi connectivity index (χ0n) is 12.5. The second-order valence-corrected chi connectivity index (χ2v) is 7.83. The van der Waals surface area contributed by atoms with Gasteiger partial charge in [-0.25, -0.2) is 4.98 Å². The minimum atomic E-state index is 0.861. The first kappa shape index (κ1) is 14.2. The lowest BCUT2D eigenvalue weighted by Crippen LogP contribution is -1.78. The lowest BCUT2D eigenvalue weighted by molar-refractivity contribution is 0.630. The van der Waals surface area contributed by atoms with Crippen molar-refractivity contribution in [2.45, 2.75) is 20.8 Å². The zero-order valence-corrected chi connectivity index (χ0v) is 15.5. The number of rotatable bonds is 1. The Bertz CT molecular complexity index is 990. The first-order valence-electron chi connectivity index (χ1n) is 7.10. The Labute approximate surface area is 146 Å². The second kappa shape index (κ2) is 5.06. The van der Waals surface area contributed by atoms with Crippen LogP contribution in [0.5, 0.6) is 0 Å². The van der Waals surface area contributed by atoms with Gasteiger partial charge in [0.25, 0.3) is 0 Å². The van der Waals surface area contributed by atoms with Crippen LogP contribution in [0.15, 0.2) is 34.7 Å². The highest BCUT2D eigenvalue weighted by atomic mass is 127. The molecule has 0 spiro atoms. The van der Waals surface area contributed by atoms with Crippen LogP contribution in [-0.2, 0) is 0 Å². The average molecular weight is 419 g/mol. The van der Waals surface area contributed by atoms with Gasteiger partial charge in [0.05, 0.1) is 10.2 Å². The summed E-state index contributed by atoms with van der Waals surface area (Å²) >= 11 is 4.08. The van der Waals surface area contributed by atoms with Gasteiger partial charge in [-0.05, 0) is 78.3 Å². The van der Waals surface area contributed by atoms with Gasteiger partial charge >= 0.3 is 0 Å². The summed E-state index contributed by atoms with van der Waals surface area (Å²) in [5, 5.41) is 2.13. The Hall–Kier alpha value is -1.40. The molecule has 0 atom stereocenters. The van der Waals surface area contributed by atoms with Crippen LogP contribution in [0.4, 0.5) is 0 Å². The highest BCUT2D eigenvalue weighted by Crippen LogP contribution is 2.37. The van der Waals surface area contributed by atoms with E-state index in [2.05, 4.69) is 73.7 Å². The normalized spacial score (nSPS) is 11.6. The molecule has 0 bridgehead atoms. The summed E-state index contributed by atoms with van der Waals surface area (Å²) in [6, 6.07) is 10.7. The van der Waals surface area contributed by atoms with Gasteiger partial charge in [0.2, 0.25) is 0 Å². The van der Waals surface area contributed by atoms with Gasteiger partial charge in [-0.2, -0.15) is 0 Å². The van der Waals surface area contributed by atoms with Crippen molar-refractivity contribution in [1.82, 2.24) is 4.98 Å². The van der Waals surface area contributed by atoms with Crippen LogP contribution < -0.4 is 0 Å². The number of nitrogens with zero attached hydrogens (tertiary/aromatic N) is 1. The summed E-state index contributed by atoms with van der Waals surface area (Å²) in [5.74, 6) is 0.861. The predicted molar refractivity (Wildman–Crippen MR) is 102 cm³/mol. The van der Waals surface area contributed by atoms with Crippen molar-refractivity contribution in [1.29, 1.82) is 0 Å². The molecule has 0 saturated heterocycles. The third-order valence-corrected chi connectivity index (χ3v) is 6.26. The topological polar surface area (TPSA) is 26.0 Å². The van der Waals surface area contributed by atoms with Gasteiger partial charge in [-0.15, -0.1) is 11.3 Å². The fourth-order valence-electron chi connectivity index (χ4n) is 2.80. The fraction of sp³-hybridized carbons (Fsp3) is 0.167. The molecule has 0 fully saturated rings. The number of hydrogen-bond donors (Lipinski definition) is 0. The molecule has 2 aromatic carbocycles. The van der Waals surface area contributed by atoms with Gasteiger partial charge in [0, 0.05) is 8.96 Å². The first-order chi connectivity index (χ1) is 10.5. The van der Waals surface area contributed by atoms with E-state index in [1.807, 2.05) is 0 Å². The van der Waals surface area contributed by atoms with E-state index in [0.29, 0.717) is 0 Å². The Morgan fingerprint density at radius 3 is 2.64 bits per heavy atom. The van der Waals surface area contributed by atoms with E-state index in [9.17, 15) is 0 Å². The SMILES string of the molecule is Cc1cc(C)c2cc(-c3nc4c(C)ccc(I)c4s3)oc2c1. The van der Waals surface area contributed by atoms with Crippen molar-refractivity contribution in [2.24, 2.45) is 0 Å². The molecule has 0 aliphatic carbocycles. The third kappa shape index (κ3) is 2.16. The van der Waals surface area contributed by atoms with Crippen LogP contribution in [0.3, 0.4) is 0 Å². The van der Waals surface area contributed by atoms with E-state index in [-0.39, 0.29) is 0 Å². The Morgan fingerprint density at radius 1 is 1.05 bits per heavy atom. The summed E-state index contributed by atoms with van der Waals surface area (Å²) in [6.07, 6.45) is 0. The van der Waals surface area contributed by atoms with E-state index in [4.69, 9.17) is 9.40 Å². The van der Waals surface area contributed by atoms with Gasteiger partial charge in [-0.1, -0.05) is 12.1 Å². The van der Waals surface area contributed by atoms with Crippen LogP contribution >= 0.6 is 33.9 Å². The average Bonchev–Trinajstić information content (AvgIpc) is 3.07. The standard InChI is InChI=1S/C18H14INOS/c1-9-6-11(3)12-8-15(21-14(12)7-9)18-20-16-10(2)4-5-13(19)17(16)22-18/h4-8H,1-3H3. The molecule has 2 nitrogen and oxygen atoms in total. The van der Waals surface area contributed by atoms with Crippen molar-refractivity contribution < 1.29 is 4.42 Å². The van der Waals surface area contributed by atoms with Gasteiger partial charge in [-0.3, -0.25) is 0 Å². The number of furan rings is 1. The Kier molecular flexibility index (Phi) is 3.27. The zero-order chi connectivity index (χ0) is 15.4. The van der Waals surface area contributed by atoms with E-state index < -0.39 is 0 Å². The molecule has 0 aliphatic heterocycles. The molecule has 4 rings (SSSR count). The highest BCUT2D eigenvalue weighted by molar-refractivity contribution is 14.1. The number of aryl methyl sites for hydroxylation is 3. The smallest absolute Gasteiger partial charge is 0.164 e. The quantitative estimate of drug-likeness (QED) is 0.342. The summed E-state index contributed by atoms with van der Waals surface area (Å²) < 4.78 is 8.55. The number of thiazole rings is 1. The van der Waals surface area contributed by atoms with E-state index >= 15 is 0 Å². The highest BCUT2D eigenvalue weighted by Gasteiger charge is 2.15. The van der Waals surface area contributed by atoms with Gasteiger partial charge in [0.1, 0.15) is 5.58 Å². The van der Waals surface area contributed by atoms with Crippen LogP contribution in [0.1, 0.15) is 16.7 Å². The van der Waals surface area contributed by atoms with E-state index in [1.165, 1.54) is 30.3 Å². The summed E-state index contributed by atoms with van der Waals surface area (Å²) in [6.45, 7) is 6.33. The monoisotopic (exact) mass is 419 g/mol. The molecule has 0 aliphatic rings. The maximum absolute atomic E-state index is 6.07. The van der Waals surface area contributed by atoms with Crippen LogP contribution in [0, 0.1) is 24.3 Å². The molecule has 4 aromatic rings. The Morgan fingerprint density at radius 2 is 1.86 bits per heavy atom. The number of aromatic nitrogens is 1. The van der Waals surface area contributed by atoms with Crippen molar-refractivity contribution in [3.05, 3.63) is 50.6 Å². The van der Waals surface area contributed by atoms with E-state index in [0.717, 1.165) is 21.9 Å². The maximum Gasteiger partial charge on any atom is 0.164 e. The molecule has 0 amide bonds.